The summed E-state index contributed by atoms with van der Waals surface area (Å²) in [5, 5.41) is 8.32. The van der Waals surface area contributed by atoms with E-state index in [4.69, 9.17) is 15.9 Å². The van der Waals surface area contributed by atoms with E-state index in [0.29, 0.717) is 6.42 Å². The third kappa shape index (κ3) is 1.93. The Bertz CT molecular complexity index is 502. The van der Waals surface area contributed by atoms with Crippen LogP contribution in [0.1, 0.15) is 5.69 Å². The zero-order chi connectivity index (χ0) is 10.8. The Labute approximate surface area is 87.6 Å². The van der Waals surface area contributed by atoms with E-state index in [1.165, 1.54) is 0 Å². The molecule has 0 aliphatic heterocycles. The van der Waals surface area contributed by atoms with Crippen LogP contribution in [0.2, 0.25) is 0 Å². The summed E-state index contributed by atoms with van der Waals surface area (Å²) in [6.45, 7) is 0. The van der Waals surface area contributed by atoms with Crippen molar-refractivity contribution < 1.29 is 4.74 Å². The summed E-state index contributed by atoms with van der Waals surface area (Å²) in [4.78, 5) is 3.20. The van der Waals surface area contributed by atoms with Gasteiger partial charge in [-0.3, -0.25) is 5.41 Å². The highest BCUT2D eigenvalue weighted by Crippen LogP contribution is 2.21. The second-order valence-corrected chi connectivity index (χ2v) is 3.45. The number of hydrogen-bond acceptors (Lipinski definition) is 2. The summed E-state index contributed by atoms with van der Waals surface area (Å²) in [7, 11) is 1.64. The highest BCUT2D eigenvalue weighted by molar-refractivity contribution is 5.85. The summed E-state index contributed by atoms with van der Waals surface area (Å²) in [5.74, 6) is 0.979. The zero-order valence-electron chi connectivity index (χ0n) is 8.50. The van der Waals surface area contributed by atoms with Crippen molar-refractivity contribution in [3.8, 4) is 5.75 Å². The molecular weight excluding hydrogens is 190 g/mol. The van der Waals surface area contributed by atoms with Gasteiger partial charge in [-0.25, -0.2) is 0 Å². The lowest BCUT2D eigenvalue weighted by molar-refractivity contribution is 0.415. The lowest BCUT2D eigenvalue weighted by Gasteiger charge is -1.97. The second-order valence-electron chi connectivity index (χ2n) is 3.45. The standard InChI is InChI=1S/C11H13N3O/c1-15-9-3-2-7-4-8(5-11(12)13)14-10(7)6-9/h2-4,6,14H,5H2,1H3,(H3,12,13). The number of amidine groups is 1. The Morgan fingerprint density at radius 3 is 2.93 bits per heavy atom. The largest absolute Gasteiger partial charge is 0.497 e. The fourth-order valence-corrected chi connectivity index (χ4v) is 1.59. The first-order valence-electron chi connectivity index (χ1n) is 4.67. The maximum atomic E-state index is 7.22. The Balaban J connectivity index is 2.42. The third-order valence-electron chi connectivity index (χ3n) is 2.27. The van der Waals surface area contributed by atoms with Crippen molar-refractivity contribution in [3.05, 3.63) is 30.0 Å². The van der Waals surface area contributed by atoms with Crippen molar-refractivity contribution in [2.45, 2.75) is 6.42 Å². The number of nitrogens with one attached hydrogen (secondary N) is 2. The van der Waals surface area contributed by atoms with Crippen LogP contribution in [0, 0.1) is 5.41 Å². The number of fused-ring (bicyclic) bond motifs is 1. The van der Waals surface area contributed by atoms with E-state index in [1.807, 2.05) is 24.3 Å². The first kappa shape index (κ1) is 9.58. The molecule has 0 aliphatic rings. The molecule has 4 nitrogen and oxygen atoms in total. The van der Waals surface area contributed by atoms with Crippen LogP contribution in [-0.4, -0.2) is 17.9 Å². The first-order chi connectivity index (χ1) is 7.19. The lowest BCUT2D eigenvalue weighted by atomic mass is 10.2. The normalized spacial score (nSPS) is 10.5. The van der Waals surface area contributed by atoms with Crippen LogP contribution >= 0.6 is 0 Å². The van der Waals surface area contributed by atoms with Gasteiger partial charge in [-0.1, -0.05) is 0 Å². The number of nitrogens with two attached hydrogens (primary N) is 1. The fourth-order valence-electron chi connectivity index (χ4n) is 1.59. The van der Waals surface area contributed by atoms with Crippen LogP contribution in [0.5, 0.6) is 5.75 Å². The Morgan fingerprint density at radius 2 is 2.27 bits per heavy atom. The van der Waals surface area contributed by atoms with Gasteiger partial charge in [-0.15, -0.1) is 0 Å². The van der Waals surface area contributed by atoms with Gasteiger partial charge in [0.25, 0.3) is 0 Å². The van der Waals surface area contributed by atoms with Gasteiger partial charge in [-0.2, -0.15) is 0 Å². The first-order valence-corrected chi connectivity index (χ1v) is 4.67. The quantitative estimate of drug-likeness (QED) is 0.524. The molecule has 0 aliphatic carbocycles. The third-order valence-corrected chi connectivity index (χ3v) is 2.27. The van der Waals surface area contributed by atoms with E-state index in [-0.39, 0.29) is 5.84 Å². The highest BCUT2D eigenvalue weighted by atomic mass is 16.5. The topological polar surface area (TPSA) is 74.9 Å². The van der Waals surface area contributed by atoms with Gasteiger partial charge < -0.3 is 15.5 Å². The summed E-state index contributed by atoms with van der Waals surface area (Å²) in [6, 6.07) is 7.82. The molecule has 4 N–H and O–H groups in total. The average Bonchev–Trinajstić information content (AvgIpc) is 2.57. The van der Waals surface area contributed by atoms with Crippen LogP contribution in [0.15, 0.2) is 24.3 Å². The van der Waals surface area contributed by atoms with Gasteiger partial charge in [0.15, 0.2) is 0 Å². The molecule has 1 heterocycles. The summed E-state index contributed by atoms with van der Waals surface area (Å²) in [5.41, 5.74) is 7.30. The number of aromatic amines is 1. The average molecular weight is 203 g/mol. The molecule has 2 rings (SSSR count). The van der Waals surface area contributed by atoms with Gasteiger partial charge in [0.2, 0.25) is 0 Å². The van der Waals surface area contributed by atoms with E-state index < -0.39 is 0 Å². The predicted molar refractivity (Wildman–Crippen MR) is 60.5 cm³/mol. The molecule has 1 aromatic heterocycles. The number of hydrogen-bond donors (Lipinski definition) is 3. The zero-order valence-corrected chi connectivity index (χ0v) is 8.50. The summed E-state index contributed by atoms with van der Waals surface area (Å²) < 4.78 is 5.13. The monoisotopic (exact) mass is 203 g/mol. The minimum Gasteiger partial charge on any atom is -0.497 e. The van der Waals surface area contributed by atoms with E-state index in [9.17, 15) is 0 Å². The molecule has 0 spiro atoms. The molecular formula is C11H13N3O. The second kappa shape index (κ2) is 3.65. The van der Waals surface area contributed by atoms with Crippen molar-refractivity contribution in [2.24, 2.45) is 5.73 Å². The molecule has 0 saturated carbocycles. The Morgan fingerprint density at radius 1 is 1.47 bits per heavy atom. The molecule has 2 aromatic rings. The number of rotatable bonds is 3. The van der Waals surface area contributed by atoms with E-state index in [0.717, 1.165) is 22.3 Å². The van der Waals surface area contributed by atoms with E-state index in [2.05, 4.69) is 4.98 Å². The molecule has 0 bridgehead atoms. The SMILES string of the molecule is COc1ccc2cc(CC(=N)N)[nH]c2c1. The molecule has 0 amide bonds. The molecule has 1 aromatic carbocycles. The molecule has 4 heteroatoms. The summed E-state index contributed by atoms with van der Waals surface area (Å²) >= 11 is 0. The van der Waals surface area contributed by atoms with Crippen molar-refractivity contribution in [1.82, 2.24) is 4.98 Å². The van der Waals surface area contributed by atoms with Crippen molar-refractivity contribution in [1.29, 1.82) is 5.41 Å². The van der Waals surface area contributed by atoms with Crippen molar-refractivity contribution >= 4 is 16.7 Å². The van der Waals surface area contributed by atoms with Gasteiger partial charge in [-0.05, 0) is 23.6 Å². The van der Waals surface area contributed by atoms with Crippen LogP contribution < -0.4 is 10.5 Å². The predicted octanol–water partition coefficient (Wildman–Crippen LogP) is 1.65. The fraction of sp³-hybridized carbons (Fsp3) is 0.182. The molecule has 0 saturated heterocycles. The molecule has 15 heavy (non-hydrogen) atoms. The van der Waals surface area contributed by atoms with Crippen molar-refractivity contribution in [2.75, 3.05) is 7.11 Å². The molecule has 0 unspecified atom stereocenters. The van der Waals surface area contributed by atoms with Crippen LogP contribution in [0.3, 0.4) is 0 Å². The van der Waals surface area contributed by atoms with Gasteiger partial charge in [0, 0.05) is 23.7 Å². The van der Waals surface area contributed by atoms with E-state index in [1.54, 1.807) is 7.11 Å². The number of aromatic nitrogens is 1. The number of H-pyrrole nitrogens is 1. The number of ether oxygens (including phenoxy) is 1. The van der Waals surface area contributed by atoms with Crippen LogP contribution in [0.25, 0.3) is 10.9 Å². The summed E-state index contributed by atoms with van der Waals surface area (Å²) in [6.07, 6.45) is 0.455. The maximum absolute atomic E-state index is 7.22. The Hall–Kier alpha value is -1.97. The van der Waals surface area contributed by atoms with Crippen LogP contribution in [0.4, 0.5) is 0 Å². The molecule has 0 fully saturated rings. The lowest BCUT2D eigenvalue weighted by Crippen LogP contribution is -2.12. The van der Waals surface area contributed by atoms with Gasteiger partial charge >= 0.3 is 0 Å². The Kier molecular flexibility index (Phi) is 2.33. The number of methoxy groups -OCH3 is 1. The minimum atomic E-state index is 0.161. The molecule has 0 radical (unpaired) electrons. The smallest absolute Gasteiger partial charge is 0.120 e. The molecule has 0 atom stereocenters. The number of benzene rings is 1. The van der Waals surface area contributed by atoms with E-state index >= 15 is 0 Å². The van der Waals surface area contributed by atoms with Crippen LogP contribution in [-0.2, 0) is 6.42 Å². The van der Waals surface area contributed by atoms with Gasteiger partial charge in [0.05, 0.1) is 12.9 Å². The molecule has 78 valence electrons. The highest BCUT2D eigenvalue weighted by Gasteiger charge is 2.02. The minimum absolute atomic E-state index is 0.161. The van der Waals surface area contributed by atoms with Crippen molar-refractivity contribution in [3.63, 3.8) is 0 Å². The maximum Gasteiger partial charge on any atom is 0.120 e. The van der Waals surface area contributed by atoms with Gasteiger partial charge in [0.1, 0.15) is 5.75 Å².